The Balaban J connectivity index is 2.34. The van der Waals surface area contributed by atoms with Gasteiger partial charge >= 0.3 is 0 Å². The number of benzene rings is 1. The van der Waals surface area contributed by atoms with E-state index in [9.17, 15) is 14.5 Å². The van der Waals surface area contributed by atoms with Crippen LogP contribution in [-0.4, -0.2) is 9.91 Å². The highest BCUT2D eigenvalue weighted by atomic mass is 19.1. The first-order chi connectivity index (χ1) is 10.0. The van der Waals surface area contributed by atoms with Crippen LogP contribution in [0.25, 0.3) is 0 Å². The van der Waals surface area contributed by atoms with E-state index in [0.29, 0.717) is 5.56 Å². The molecule has 1 N–H and O–H groups in total. The SMILES string of the molecule is CC(Nc1ccc(C#N)cc1[N+](=O)[O-])c1ccncc1F. The number of anilines is 1. The molecule has 1 atom stereocenters. The van der Waals surface area contributed by atoms with Crippen molar-refractivity contribution in [2.45, 2.75) is 13.0 Å². The lowest BCUT2D eigenvalue weighted by molar-refractivity contribution is -0.384. The zero-order valence-corrected chi connectivity index (χ0v) is 11.1. The van der Waals surface area contributed by atoms with Crippen LogP contribution in [0.1, 0.15) is 24.1 Å². The predicted octanol–water partition coefficient (Wildman–Crippen LogP) is 3.17. The monoisotopic (exact) mass is 286 g/mol. The molecule has 2 aromatic rings. The lowest BCUT2D eigenvalue weighted by Crippen LogP contribution is -2.10. The maximum atomic E-state index is 13.6. The molecular weight excluding hydrogens is 275 g/mol. The molecule has 0 saturated heterocycles. The van der Waals surface area contributed by atoms with E-state index in [1.807, 2.05) is 6.07 Å². The van der Waals surface area contributed by atoms with Crippen molar-refractivity contribution in [2.75, 3.05) is 5.32 Å². The van der Waals surface area contributed by atoms with E-state index in [0.717, 1.165) is 6.20 Å². The average Bonchev–Trinajstić information content (AvgIpc) is 2.47. The Morgan fingerprint density at radius 3 is 2.86 bits per heavy atom. The maximum absolute atomic E-state index is 13.6. The average molecular weight is 286 g/mol. The number of pyridine rings is 1. The van der Waals surface area contributed by atoms with Crippen LogP contribution in [-0.2, 0) is 0 Å². The number of aromatic nitrogens is 1. The molecule has 0 aliphatic heterocycles. The third-order valence-electron chi connectivity index (χ3n) is 2.97. The molecule has 1 unspecified atom stereocenters. The van der Waals surface area contributed by atoms with Gasteiger partial charge in [0, 0.05) is 17.8 Å². The van der Waals surface area contributed by atoms with Crippen LogP contribution >= 0.6 is 0 Å². The van der Waals surface area contributed by atoms with Crippen molar-refractivity contribution in [1.82, 2.24) is 4.98 Å². The first-order valence-corrected chi connectivity index (χ1v) is 6.07. The summed E-state index contributed by atoms with van der Waals surface area (Å²) in [5.41, 5.74) is 0.539. The van der Waals surface area contributed by atoms with Gasteiger partial charge in [-0.15, -0.1) is 0 Å². The van der Waals surface area contributed by atoms with Crippen LogP contribution in [0.3, 0.4) is 0 Å². The standard InChI is InChI=1S/C14H11FN4O2/c1-9(11-4-5-17-8-12(11)15)18-13-3-2-10(7-16)6-14(13)19(20)21/h2-6,8-9,18H,1H3. The van der Waals surface area contributed by atoms with Crippen LogP contribution in [0.2, 0.25) is 0 Å². The van der Waals surface area contributed by atoms with E-state index in [-0.39, 0.29) is 16.9 Å². The molecule has 0 radical (unpaired) electrons. The summed E-state index contributed by atoms with van der Waals surface area (Å²) in [6, 6.07) is 6.94. The second-order valence-electron chi connectivity index (χ2n) is 4.36. The molecule has 106 valence electrons. The molecule has 7 heteroatoms. The van der Waals surface area contributed by atoms with Gasteiger partial charge in [0.05, 0.1) is 28.8 Å². The number of nitriles is 1. The van der Waals surface area contributed by atoms with Crippen molar-refractivity contribution in [3.8, 4) is 6.07 Å². The van der Waals surface area contributed by atoms with Gasteiger partial charge in [0.15, 0.2) is 0 Å². The molecule has 1 aromatic carbocycles. The lowest BCUT2D eigenvalue weighted by atomic mass is 10.1. The van der Waals surface area contributed by atoms with Crippen LogP contribution in [0.4, 0.5) is 15.8 Å². The highest BCUT2D eigenvalue weighted by Gasteiger charge is 2.18. The summed E-state index contributed by atoms with van der Waals surface area (Å²) >= 11 is 0. The topological polar surface area (TPSA) is 91.8 Å². The Bertz CT molecular complexity index is 727. The Morgan fingerprint density at radius 2 is 2.24 bits per heavy atom. The Morgan fingerprint density at radius 1 is 1.48 bits per heavy atom. The highest BCUT2D eigenvalue weighted by Crippen LogP contribution is 2.29. The Hall–Kier alpha value is -3.01. The van der Waals surface area contributed by atoms with Crippen LogP contribution < -0.4 is 5.32 Å². The number of nitrogens with one attached hydrogen (secondary N) is 1. The number of halogens is 1. The third kappa shape index (κ3) is 3.12. The summed E-state index contributed by atoms with van der Waals surface area (Å²) in [6.07, 6.45) is 2.53. The summed E-state index contributed by atoms with van der Waals surface area (Å²) in [7, 11) is 0. The summed E-state index contributed by atoms with van der Waals surface area (Å²) in [6.45, 7) is 1.68. The fraction of sp³-hybridized carbons (Fsp3) is 0.143. The normalized spacial score (nSPS) is 11.5. The van der Waals surface area contributed by atoms with Gasteiger partial charge in [-0.2, -0.15) is 5.26 Å². The molecule has 21 heavy (non-hydrogen) atoms. The molecule has 0 saturated carbocycles. The van der Waals surface area contributed by atoms with Gasteiger partial charge in [0.25, 0.3) is 5.69 Å². The minimum absolute atomic E-state index is 0.190. The molecule has 0 aliphatic rings. The van der Waals surface area contributed by atoms with Gasteiger partial charge in [0.2, 0.25) is 0 Å². The minimum atomic E-state index is -0.585. The van der Waals surface area contributed by atoms with E-state index in [2.05, 4.69) is 10.3 Å². The summed E-state index contributed by atoms with van der Waals surface area (Å²) in [4.78, 5) is 14.1. The highest BCUT2D eigenvalue weighted by molar-refractivity contribution is 5.64. The second-order valence-corrected chi connectivity index (χ2v) is 4.36. The van der Waals surface area contributed by atoms with E-state index < -0.39 is 16.8 Å². The largest absolute Gasteiger partial charge is 0.373 e. The molecule has 2 rings (SSSR count). The van der Waals surface area contributed by atoms with Crippen molar-refractivity contribution in [1.29, 1.82) is 5.26 Å². The Labute approximate surface area is 120 Å². The van der Waals surface area contributed by atoms with Crippen LogP contribution in [0.5, 0.6) is 0 Å². The molecule has 0 fully saturated rings. The van der Waals surface area contributed by atoms with Gasteiger partial charge in [-0.1, -0.05) is 0 Å². The quantitative estimate of drug-likeness (QED) is 0.688. The molecule has 0 amide bonds. The number of nitro benzene ring substituents is 1. The first kappa shape index (κ1) is 14.4. The second kappa shape index (κ2) is 5.96. The minimum Gasteiger partial charge on any atom is -0.373 e. The van der Waals surface area contributed by atoms with Gasteiger partial charge in [-0.05, 0) is 25.1 Å². The molecule has 0 aliphatic carbocycles. The molecule has 0 bridgehead atoms. The van der Waals surface area contributed by atoms with Gasteiger partial charge in [-0.3, -0.25) is 15.1 Å². The van der Waals surface area contributed by atoms with Crippen molar-refractivity contribution in [2.24, 2.45) is 0 Å². The predicted molar refractivity (Wildman–Crippen MR) is 74.0 cm³/mol. The Kier molecular flexibility index (Phi) is 4.09. The first-order valence-electron chi connectivity index (χ1n) is 6.07. The van der Waals surface area contributed by atoms with Crippen LogP contribution in [0.15, 0.2) is 36.7 Å². The number of rotatable bonds is 4. The van der Waals surface area contributed by atoms with Gasteiger partial charge in [0.1, 0.15) is 11.5 Å². The smallest absolute Gasteiger partial charge is 0.293 e. The summed E-state index contributed by atoms with van der Waals surface area (Å²) in [5.74, 6) is -0.492. The van der Waals surface area contributed by atoms with E-state index in [4.69, 9.17) is 5.26 Å². The molecule has 0 spiro atoms. The fourth-order valence-corrected chi connectivity index (χ4v) is 1.92. The fourth-order valence-electron chi connectivity index (χ4n) is 1.92. The molecule has 1 heterocycles. The van der Waals surface area contributed by atoms with E-state index >= 15 is 0 Å². The van der Waals surface area contributed by atoms with Crippen molar-refractivity contribution < 1.29 is 9.31 Å². The number of nitrogens with zero attached hydrogens (tertiary/aromatic N) is 3. The number of nitro groups is 1. The van der Waals surface area contributed by atoms with Gasteiger partial charge < -0.3 is 5.32 Å². The molecular formula is C14H11FN4O2. The zero-order chi connectivity index (χ0) is 15.4. The number of hydrogen-bond acceptors (Lipinski definition) is 5. The van der Waals surface area contributed by atoms with Gasteiger partial charge in [-0.25, -0.2) is 4.39 Å². The van der Waals surface area contributed by atoms with Crippen molar-refractivity contribution in [3.05, 3.63) is 63.7 Å². The number of hydrogen-bond donors (Lipinski definition) is 1. The van der Waals surface area contributed by atoms with E-state index in [1.54, 1.807) is 6.92 Å². The zero-order valence-electron chi connectivity index (χ0n) is 11.1. The van der Waals surface area contributed by atoms with Crippen LogP contribution in [0, 0.1) is 27.3 Å². The lowest BCUT2D eigenvalue weighted by Gasteiger charge is -2.16. The maximum Gasteiger partial charge on any atom is 0.293 e. The summed E-state index contributed by atoms with van der Waals surface area (Å²) < 4.78 is 13.6. The summed E-state index contributed by atoms with van der Waals surface area (Å²) in [5, 5.41) is 22.7. The van der Waals surface area contributed by atoms with E-state index in [1.165, 1.54) is 30.5 Å². The molecule has 6 nitrogen and oxygen atoms in total. The third-order valence-corrected chi connectivity index (χ3v) is 2.97. The van der Waals surface area contributed by atoms with Crippen molar-refractivity contribution >= 4 is 11.4 Å². The molecule has 1 aromatic heterocycles. The van der Waals surface area contributed by atoms with Crippen molar-refractivity contribution in [3.63, 3.8) is 0 Å².